The molecule has 0 amide bonds. The lowest BCUT2D eigenvalue weighted by Gasteiger charge is -1.98. The molecule has 0 heterocycles. The Hall–Kier alpha value is -0.810. The molecule has 2 N–H and O–H groups in total. The summed E-state index contributed by atoms with van der Waals surface area (Å²) in [5, 5.41) is 0. The zero-order chi connectivity index (χ0) is 6.57. The molecular formula is C6H9NO. The van der Waals surface area contributed by atoms with Crippen LogP contribution in [0.3, 0.4) is 0 Å². The minimum atomic E-state index is -0.458. The Morgan fingerprint density at radius 2 is 2.50 bits per heavy atom. The number of nitrogens with two attached hydrogens (primary N) is 1. The van der Waals surface area contributed by atoms with Crippen molar-refractivity contribution in [3.8, 4) is 12.3 Å². The first-order valence-corrected chi connectivity index (χ1v) is 2.38. The summed E-state index contributed by atoms with van der Waals surface area (Å²) >= 11 is 0. The van der Waals surface area contributed by atoms with Crippen LogP contribution in [0.2, 0.25) is 0 Å². The maximum atomic E-state index is 10.3. The van der Waals surface area contributed by atoms with Crippen LogP contribution in [0.15, 0.2) is 0 Å². The topological polar surface area (TPSA) is 43.1 Å². The largest absolute Gasteiger partial charge is 0.321 e. The third kappa shape index (κ3) is 2.38. The highest BCUT2D eigenvalue weighted by Gasteiger charge is 2.03. The van der Waals surface area contributed by atoms with Gasteiger partial charge in [-0.15, -0.1) is 12.3 Å². The molecule has 0 radical (unpaired) electrons. The van der Waals surface area contributed by atoms with Gasteiger partial charge in [-0.1, -0.05) is 0 Å². The fourth-order valence-corrected chi connectivity index (χ4v) is 0.271. The van der Waals surface area contributed by atoms with Crippen molar-refractivity contribution in [3.63, 3.8) is 0 Å². The van der Waals surface area contributed by atoms with Crippen molar-refractivity contribution in [1.82, 2.24) is 0 Å². The first-order valence-electron chi connectivity index (χ1n) is 2.38. The van der Waals surface area contributed by atoms with E-state index in [1.165, 1.54) is 6.92 Å². The van der Waals surface area contributed by atoms with E-state index in [-0.39, 0.29) is 5.78 Å². The molecule has 0 aromatic heterocycles. The van der Waals surface area contributed by atoms with E-state index in [9.17, 15) is 4.79 Å². The van der Waals surface area contributed by atoms with Crippen molar-refractivity contribution in [3.05, 3.63) is 0 Å². The smallest absolute Gasteiger partial charge is 0.147 e. The zero-order valence-electron chi connectivity index (χ0n) is 4.85. The molecule has 0 saturated heterocycles. The lowest BCUT2D eigenvalue weighted by atomic mass is 10.2. The molecule has 0 fully saturated rings. The number of terminal acetylenes is 1. The van der Waals surface area contributed by atoms with E-state index < -0.39 is 6.04 Å². The first kappa shape index (κ1) is 7.19. The minimum absolute atomic E-state index is 0.0528. The summed E-state index contributed by atoms with van der Waals surface area (Å²) in [7, 11) is 0. The minimum Gasteiger partial charge on any atom is -0.321 e. The van der Waals surface area contributed by atoms with Crippen molar-refractivity contribution in [2.75, 3.05) is 0 Å². The van der Waals surface area contributed by atoms with Crippen LogP contribution in [0, 0.1) is 12.3 Å². The summed E-state index contributed by atoms with van der Waals surface area (Å²) in [6, 6.07) is -0.458. The molecule has 0 aliphatic rings. The molecule has 1 atom stereocenters. The van der Waals surface area contributed by atoms with Crippen LogP contribution in [0.25, 0.3) is 0 Å². The van der Waals surface area contributed by atoms with Gasteiger partial charge >= 0.3 is 0 Å². The second kappa shape index (κ2) is 3.23. The third-order valence-corrected chi connectivity index (χ3v) is 0.860. The van der Waals surface area contributed by atoms with Gasteiger partial charge in [-0.3, -0.25) is 4.79 Å². The SMILES string of the molecule is C#CC[C@@H](N)C(C)=O. The van der Waals surface area contributed by atoms with Gasteiger partial charge in [0.15, 0.2) is 0 Å². The van der Waals surface area contributed by atoms with E-state index in [1.807, 2.05) is 0 Å². The van der Waals surface area contributed by atoms with Gasteiger partial charge in [0, 0.05) is 6.42 Å². The van der Waals surface area contributed by atoms with Crippen molar-refractivity contribution in [1.29, 1.82) is 0 Å². The molecule has 8 heavy (non-hydrogen) atoms. The molecule has 44 valence electrons. The highest BCUT2D eigenvalue weighted by molar-refractivity contribution is 5.81. The van der Waals surface area contributed by atoms with Gasteiger partial charge in [-0.2, -0.15) is 0 Å². The Bertz CT molecular complexity index is 123. The normalized spacial score (nSPS) is 12.1. The van der Waals surface area contributed by atoms with Crippen LogP contribution in [-0.4, -0.2) is 11.8 Å². The summed E-state index contributed by atoms with van der Waals surface area (Å²) in [4.78, 5) is 10.3. The van der Waals surface area contributed by atoms with Crippen molar-refractivity contribution in [2.45, 2.75) is 19.4 Å². The van der Waals surface area contributed by atoms with Gasteiger partial charge in [-0.25, -0.2) is 0 Å². The van der Waals surface area contributed by atoms with E-state index in [0.29, 0.717) is 6.42 Å². The molecule has 0 aliphatic heterocycles. The molecular weight excluding hydrogens is 102 g/mol. The molecule has 0 aliphatic carbocycles. The molecule has 2 nitrogen and oxygen atoms in total. The fourth-order valence-electron chi connectivity index (χ4n) is 0.271. The van der Waals surface area contributed by atoms with Gasteiger partial charge in [0.2, 0.25) is 0 Å². The van der Waals surface area contributed by atoms with Crippen LogP contribution in [0.1, 0.15) is 13.3 Å². The second-order valence-electron chi connectivity index (χ2n) is 1.63. The standard InChI is InChI=1S/C6H9NO/c1-3-4-6(7)5(2)8/h1,6H,4,7H2,2H3/t6-/m1/s1. The predicted molar refractivity (Wildman–Crippen MR) is 32.1 cm³/mol. The van der Waals surface area contributed by atoms with E-state index in [2.05, 4.69) is 5.92 Å². The van der Waals surface area contributed by atoms with Crippen molar-refractivity contribution >= 4 is 5.78 Å². The van der Waals surface area contributed by atoms with Gasteiger partial charge in [0.1, 0.15) is 5.78 Å². The van der Waals surface area contributed by atoms with Gasteiger partial charge in [-0.05, 0) is 6.92 Å². The predicted octanol–water partition coefficient (Wildman–Crippen LogP) is -0.0740. The Kier molecular flexibility index (Phi) is 2.90. The Labute approximate surface area is 49.1 Å². The number of Topliss-reactive ketones (excluding diaryl/α,β-unsaturated/α-hetero) is 1. The summed E-state index contributed by atoms with van der Waals surface area (Å²) in [5.41, 5.74) is 5.23. The molecule has 0 aromatic rings. The maximum absolute atomic E-state index is 10.3. The maximum Gasteiger partial charge on any atom is 0.147 e. The lowest BCUT2D eigenvalue weighted by molar-refractivity contribution is -0.118. The summed E-state index contributed by atoms with van der Waals surface area (Å²) in [5.74, 6) is 2.25. The van der Waals surface area contributed by atoms with Crippen LogP contribution >= 0.6 is 0 Å². The fraction of sp³-hybridized carbons (Fsp3) is 0.500. The molecule has 0 aromatic carbocycles. The van der Waals surface area contributed by atoms with Crippen LogP contribution in [-0.2, 0) is 4.79 Å². The number of hydrogen-bond acceptors (Lipinski definition) is 2. The summed E-state index contributed by atoms with van der Waals surface area (Å²) < 4.78 is 0. The average molecular weight is 111 g/mol. The van der Waals surface area contributed by atoms with Crippen LogP contribution in [0.4, 0.5) is 0 Å². The molecule has 0 unspecified atom stereocenters. The molecule has 0 rings (SSSR count). The Morgan fingerprint density at radius 3 is 2.62 bits per heavy atom. The quantitative estimate of drug-likeness (QED) is 0.507. The highest BCUT2D eigenvalue weighted by atomic mass is 16.1. The van der Waals surface area contributed by atoms with E-state index in [0.717, 1.165) is 0 Å². The van der Waals surface area contributed by atoms with Gasteiger partial charge < -0.3 is 5.73 Å². The molecule has 0 bridgehead atoms. The average Bonchev–Trinajstić information content (AvgIpc) is 1.67. The first-order chi connectivity index (χ1) is 3.68. The van der Waals surface area contributed by atoms with Crippen LogP contribution < -0.4 is 5.73 Å². The second-order valence-corrected chi connectivity index (χ2v) is 1.63. The van der Waals surface area contributed by atoms with Crippen molar-refractivity contribution in [2.24, 2.45) is 5.73 Å². The Morgan fingerprint density at radius 1 is 2.00 bits per heavy atom. The van der Waals surface area contributed by atoms with E-state index in [1.54, 1.807) is 0 Å². The van der Waals surface area contributed by atoms with Crippen LogP contribution in [0.5, 0.6) is 0 Å². The van der Waals surface area contributed by atoms with Gasteiger partial charge in [0.05, 0.1) is 6.04 Å². The third-order valence-electron chi connectivity index (χ3n) is 0.860. The summed E-state index contributed by atoms with van der Waals surface area (Å²) in [6.07, 6.45) is 5.23. The van der Waals surface area contributed by atoms with E-state index in [4.69, 9.17) is 12.2 Å². The van der Waals surface area contributed by atoms with Gasteiger partial charge in [0.25, 0.3) is 0 Å². The summed E-state index contributed by atoms with van der Waals surface area (Å²) in [6.45, 7) is 1.43. The Balaban J connectivity index is 3.52. The lowest BCUT2D eigenvalue weighted by Crippen LogP contribution is -2.27. The zero-order valence-corrected chi connectivity index (χ0v) is 4.85. The van der Waals surface area contributed by atoms with E-state index >= 15 is 0 Å². The molecule has 0 saturated carbocycles. The highest BCUT2D eigenvalue weighted by Crippen LogP contribution is 1.84. The number of carbonyl (C=O) groups is 1. The number of ketones is 1. The van der Waals surface area contributed by atoms with Crippen molar-refractivity contribution < 1.29 is 4.79 Å². The molecule has 2 heteroatoms. The number of hydrogen-bond donors (Lipinski definition) is 1. The monoisotopic (exact) mass is 111 g/mol. The molecule has 0 spiro atoms. The number of carbonyl (C=O) groups excluding carboxylic acids is 1. The number of rotatable bonds is 2.